The van der Waals surface area contributed by atoms with Gasteiger partial charge in [-0.15, -0.1) is 0 Å². The van der Waals surface area contributed by atoms with Gasteiger partial charge < -0.3 is 9.31 Å². The first-order valence-corrected chi connectivity index (χ1v) is 8.10. The van der Waals surface area contributed by atoms with E-state index in [1.807, 2.05) is 6.20 Å². The lowest BCUT2D eigenvalue weighted by molar-refractivity contribution is 0.00578. The predicted octanol–water partition coefficient (Wildman–Crippen LogP) is 3.41. The monoisotopic (exact) mass is 337 g/mol. The van der Waals surface area contributed by atoms with Crippen molar-refractivity contribution >= 4 is 28.5 Å². The van der Waals surface area contributed by atoms with E-state index in [1.54, 1.807) is 0 Å². The van der Waals surface area contributed by atoms with E-state index in [0.29, 0.717) is 5.92 Å². The Kier molecular flexibility index (Phi) is 3.51. The van der Waals surface area contributed by atoms with Crippen molar-refractivity contribution in [1.29, 1.82) is 0 Å². The van der Waals surface area contributed by atoms with Crippen LogP contribution < -0.4 is 5.46 Å². The van der Waals surface area contributed by atoms with Crippen LogP contribution >= 0.6 is 15.9 Å². The Labute approximate surface area is 129 Å². The van der Waals surface area contributed by atoms with E-state index in [1.165, 1.54) is 24.8 Å². The first kappa shape index (κ1) is 14.5. The third-order valence-corrected chi connectivity index (χ3v) is 5.42. The fourth-order valence-corrected chi connectivity index (χ4v) is 3.04. The van der Waals surface area contributed by atoms with Gasteiger partial charge in [0.25, 0.3) is 0 Å². The zero-order valence-corrected chi connectivity index (χ0v) is 14.2. The summed E-state index contributed by atoms with van der Waals surface area (Å²) in [4.78, 5) is 4.39. The average molecular weight is 338 g/mol. The van der Waals surface area contributed by atoms with Crippen LogP contribution in [0.3, 0.4) is 0 Å². The van der Waals surface area contributed by atoms with Gasteiger partial charge >= 0.3 is 7.12 Å². The molecule has 3 nitrogen and oxygen atoms in total. The number of nitrogens with zero attached hydrogens (tertiary/aromatic N) is 1. The van der Waals surface area contributed by atoms with Crippen LogP contribution in [0.5, 0.6) is 0 Å². The smallest absolute Gasteiger partial charge is 0.399 e. The van der Waals surface area contributed by atoms with E-state index in [4.69, 9.17) is 9.31 Å². The van der Waals surface area contributed by atoms with Crippen LogP contribution in [0.15, 0.2) is 16.9 Å². The van der Waals surface area contributed by atoms with Crippen molar-refractivity contribution in [3.8, 4) is 0 Å². The first-order valence-electron chi connectivity index (χ1n) is 7.31. The summed E-state index contributed by atoms with van der Waals surface area (Å²) in [5.74, 6) is 0.615. The van der Waals surface area contributed by atoms with Gasteiger partial charge in [0.2, 0.25) is 0 Å². The number of hydrogen-bond donors (Lipinski definition) is 0. The van der Waals surface area contributed by atoms with E-state index >= 15 is 0 Å². The highest BCUT2D eigenvalue weighted by molar-refractivity contribution is 9.10. The Bertz CT molecular complexity index is 513. The van der Waals surface area contributed by atoms with Gasteiger partial charge in [0.1, 0.15) is 4.60 Å². The molecule has 0 aromatic carbocycles. The fraction of sp³-hybridized carbons (Fsp3) is 0.667. The highest BCUT2D eigenvalue weighted by atomic mass is 79.9. The summed E-state index contributed by atoms with van der Waals surface area (Å²) in [6, 6.07) is 2.05. The maximum absolute atomic E-state index is 6.19. The van der Waals surface area contributed by atoms with Crippen molar-refractivity contribution in [2.24, 2.45) is 0 Å². The number of rotatable bonds is 2. The molecule has 2 heterocycles. The zero-order valence-electron chi connectivity index (χ0n) is 12.6. The minimum absolute atomic E-state index is 0.296. The van der Waals surface area contributed by atoms with Crippen LogP contribution in [0.25, 0.3) is 0 Å². The van der Waals surface area contributed by atoms with E-state index in [0.717, 1.165) is 10.1 Å². The van der Waals surface area contributed by atoms with Gasteiger partial charge in [0.05, 0.1) is 11.2 Å². The summed E-state index contributed by atoms with van der Waals surface area (Å²) in [5.41, 5.74) is 1.82. The highest BCUT2D eigenvalue weighted by Crippen LogP contribution is 2.39. The Morgan fingerprint density at radius 1 is 1.20 bits per heavy atom. The zero-order chi connectivity index (χ0) is 14.5. The van der Waals surface area contributed by atoms with Crippen molar-refractivity contribution in [1.82, 2.24) is 4.98 Å². The van der Waals surface area contributed by atoms with Gasteiger partial charge in [-0.3, -0.25) is 0 Å². The van der Waals surface area contributed by atoms with Crippen LogP contribution in [0, 0.1) is 0 Å². The van der Waals surface area contributed by atoms with Gasteiger partial charge in [-0.1, -0.05) is 6.42 Å². The molecule has 2 fully saturated rings. The van der Waals surface area contributed by atoms with Gasteiger partial charge in [-0.25, -0.2) is 4.98 Å². The lowest BCUT2D eigenvalue weighted by Gasteiger charge is -2.32. The van der Waals surface area contributed by atoms with E-state index < -0.39 is 0 Å². The Hall–Kier alpha value is -0.385. The quantitative estimate of drug-likeness (QED) is 0.612. The predicted molar refractivity (Wildman–Crippen MR) is 84.2 cm³/mol. The molecule has 1 saturated heterocycles. The molecule has 0 N–H and O–H groups in total. The third-order valence-electron chi connectivity index (χ3n) is 4.99. The Morgan fingerprint density at radius 2 is 1.80 bits per heavy atom. The van der Waals surface area contributed by atoms with Crippen LogP contribution in [-0.2, 0) is 9.31 Å². The van der Waals surface area contributed by atoms with Crippen LogP contribution in [-0.4, -0.2) is 23.3 Å². The molecule has 1 aliphatic heterocycles. The number of pyridine rings is 1. The van der Waals surface area contributed by atoms with Gasteiger partial charge in [0.15, 0.2) is 0 Å². The standard InChI is InChI=1S/C15H21BBrNO2/c1-14(2)15(3,4)20-16(19-14)12-8-13(17)18-9-11(12)10-6-5-7-10/h8-10H,5-7H2,1-4H3. The largest absolute Gasteiger partial charge is 0.495 e. The molecule has 108 valence electrons. The minimum atomic E-state index is -0.301. The minimum Gasteiger partial charge on any atom is -0.399 e. The molecule has 1 aromatic heterocycles. The van der Waals surface area contributed by atoms with Crippen molar-refractivity contribution in [3.63, 3.8) is 0 Å². The Balaban J connectivity index is 1.96. The summed E-state index contributed by atoms with van der Waals surface area (Å²) in [7, 11) is -0.296. The molecule has 0 spiro atoms. The van der Waals surface area contributed by atoms with Crippen molar-refractivity contribution in [3.05, 3.63) is 22.4 Å². The summed E-state index contributed by atoms with van der Waals surface area (Å²) in [6.45, 7) is 8.36. The second-order valence-electron chi connectivity index (χ2n) is 6.85. The Morgan fingerprint density at radius 3 is 2.30 bits per heavy atom. The summed E-state index contributed by atoms with van der Waals surface area (Å²) >= 11 is 3.47. The molecule has 0 atom stereocenters. The third kappa shape index (κ3) is 2.34. The van der Waals surface area contributed by atoms with Gasteiger partial charge in [0, 0.05) is 6.20 Å². The SMILES string of the molecule is CC1(C)OB(c2cc(Br)ncc2C2CCC2)OC1(C)C. The maximum atomic E-state index is 6.19. The molecule has 0 bridgehead atoms. The highest BCUT2D eigenvalue weighted by Gasteiger charge is 2.52. The molecule has 0 unspecified atom stereocenters. The van der Waals surface area contributed by atoms with E-state index in [2.05, 4.69) is 54.7 Å². The van der Waals surface area contributed by atoms with Crippen molar-refractivity contribution in [2.45, 2.75) is 64.1 Å². The lowest BCUT2D eigenvalue weighted by atomic mass is 9.69. The molecule has 1 saturated carbocycles. The molecule has 1 aromatic rings. The second kappa shape index (κ2) is 4.82. The lowest BCUT2D eigenvalue weighted by Crippen LogP contribution is -2.41. The first-order chi connectivity index (χ1) is 9.30. The average Bonchev–Trinajstić information content (AvgIpc) is 2.48. The molecular weight excluding hydrogens is 317 g/mol. The summed E-state index contributed by atoms with van der Waals surface area (Å²) < 4.78 is 13.2. The summed E-state index contributed by atoms with van der Waals surface area (Å²) in [5, 5.41) is 0. The van der Waals surface area contributed by atoms with Crippen molar-refractivity contribution < 1.29 is 9.31 Å². The molecule has 0 amide bonds. The summed E-state index contributed by atoms with van der Waals surface area (Å²) in [6.07, 6.45) is 5.78. The number of aromatic nitrogens is 1. The van der Waals surface area contributed by atoms with E-state index in [9.17, 15) is 0 Å². The fourth-order valence-electron chi connectivity index (χ4n) is 2.69. The molecule has 3 rings (SSSR count). The maximum Gasteiger partial charge on any atom is 0.495 e. The van der Waals surface area contributed by atoms with E-state index in [-0.39, 0.29) is 18.3 Å². The number of hydrogen-bond acceptors (Lipinski definition) is 3. The van der Waals surface area contributed by atoms with Gasteiger partial charge in [-0.05, 0) is 79.5 Å². The van der Waals surface area contributed by atoms with Crippen LogP contribution in [0.4, 0.5) is 0 Å². The topological polar surface area (TPSA) is 31.4 Å². The molecule has 0 radical (unpaired) electrons. The molecular formula is C15H21BBrNO2. The van der Waals surface area contributed by atoms with Crippen LogP contribution in [0.1, 0.15) is 58.4 Å². The molecule has 20 heavy (non-hydrogen) atoms. The van der Waals surface area contributed by atoms with Crippen LogP contribution in [0.2, 0.25) is 0 Å². The molecule has 5 heteroatoms. The molecule has 1 aliphatic carbocycles. The second-order valence-corrected chi connectivity index (χ2v) is 7.66. The van der Waals surface area contributed by atoms with Gasteiger partial charge in [-0.2, -0.15) is 0 Å². The molecule has 2 aliphatic rings. The number of halogens is 1. The normalized spacial score (nSPS) is 24.8. The van der Waals surface area contributed by atoms with Crippen molar-refractivity contribution in [2.75, 3.05) is 0 Å².